The molecule has 0 bridgehead atoms. The van der Waals surface area contributed by atoms with Crippen molar-refractivity contribution in [1.29, 1.82) is 0 Å². The number of ether oxygens (including phenoxy) is 1. The van der Waals surface area contributed by atoms with Crippen LogP contribution in [0, 0.1) is 0 Å². The average molecular weight is 220 g/mol. The number of alkyl halides is 1. The summed E-state index contributed by atoms with van der Waals surface area (Å²) in [6.45, 7) is 3.38. The lowest BCUT2D eigenvalue weighted by Crippen LogP contribution is -1.92. The van der Waals surface area contributed by atoms with Crippen LogP contribution in [0.25, 0.3) is 0 Å². The summed E-state index contributed by atoms with van der Waals surface area (Å²) in [6.07, 6.45) is 1.98. The molecule has 0 aliphatic carbocycles. The van der Waals surface area contributed by atoms with E-state index in [0.717, 1.165) is 30.2 Å². The van der Waals surface area contributed by atoms with E-state index in [0.29, 0.717) is 12.5 Å². The minimum Gasteiger partial charge on any atom is -0.375 e. The van der Waals surface area contributed by atoms with E-state index in [-0.39, 0.29) is 0 Å². The molecule has 13 heavy (non-hydrogen) atoms. The van der Waals surface area contributed by atoms with E-state index < -0.39 is 0 Å². The Morgan fingerprint density at radius 2 is 2.46 bits per heavy atom. The molecule has 0 aliphatic rings. The van der Waals surface area contributed by atoms with Crippen molar-refractivity contribution in [2.24, 2.45) is 0 Å². The second-order valence-electron chi connectivity index (χ2n) is 2.66. The van der Waals surface area contributed by atoms with Crippen LogP contribution in [-0.4, -0.2) is 17.5 Å². The molecule has 0 saturated heterocycles. The normalized spacial score (nSPS) is 10.6. The van der Waals surface area contributed by atoms with Crippen LogP contribution in [0.15, 0.2) is 5.38 Å². The fraction of sp³-hybridized carbons (Fsp3) is 0.667. The van der Waals surface area contributed by atoms with Crippen molar-refractivity contribution in [3.05, 3.63) is 16.1 Å². The maximum atomic E-state index is 5.59. The molecular formula is C9H14ClNOS. The second kappa shape index (κ2) is 6.35. The third-order valence-corrected chi connectivity index (χ3v) is 2.73. The fourth-order valence-corrected chi connectivity index (χ4v) is 1.86. The van der Waals surface area contributed by atoms with Gasteiger partial charge in [-0.05, 0) is 19.8 Å². The minimum atomic E-state index is 0.641. The lowest BCUT2D eigenvalue weighted by molar-refractivity contribution is 0.134. The Morgan fingerprint density at radius 3 is 3.15 bits per heavy atom. The first-order valence-electron chi connectivity index (χ1n) is 4.43. The lowest BCUT2D eigenvalue weighted by atomic mass is 10.3. The molecule has 0 spiro atoms. The van der Waals surface area contributed by atoms with Crippen LogP contribution < -0.4 is 0 Å². The van der Waals surface area contributed by atoms with Gasteiger partial charge in [0, 0.05) is 17.9 Å². The molecule has 0 N–H and O–H groups in total. The average Bonchev–Trinajstić information content (AvgIpc) is 2.59. The van der Waals surface area contributed by atoms with Crippen LogP contribution >= 0.6 is 22.9 Å². The summed E-state index contributed by atoms with van der Waals surface area (Å²) in [5, 5.41) is 3.15. The van der Waals surface area contributed by atoms with E-state index in [4.69, 9.17) is 16.3 Å². The van der Waals surface area contributed by atoms with Crippen LogP contribution in [0.4, 0.5) is 0 Å². The van der Waals surface area contributed by atoms with Crippen LogP contribution in [0.2, 0.25) is 0 Å². The van der Waals surface area contributed by atoms with Crippen molar-refractivity contribution in [2.75, 3.05) is 12.5 Å². The standard InChI is InChI=1S/C9H14ClNOS/c1-2-12-6-9-11-8(7-13-9)4-3-5-10/h7H,2-6H2,1H3. The molecule has 2 nitrogen and oxygen atoms in total. The zero-order valence-corrected chi connectivity index (χ0v) is 9.33. The van der Waals surface area contributed by atoms with E-state index in [2.05, 4.69) is 10.4 Å². The number of halogens is 1. The summed E-state index contributed by atoms with van der Waals surface area (Å²) in [7, 11) is 0. The van der Waals surface area contributed by atoms with E-state index in [1.807, 2.05) is 6.92 Å². The van der Waals surface area contributed by atoms with Gasteiger partial charge < -0.3 is 4.74 Å². The molecule has 1 heterocycles. The number of aromatic nitrogens is 1. The summed E-state index contributed by atoms with van der Waals surface area (Å²) in [5.74, 6) is 0.707. The predicted octanol–water partition coefficient (Wildman–Crippen LogP) is 2.85. The molecule has 1 aromatic rings. The molecule has 0 fully saturated rings. The van der Waals surface area contributed by atoms with Crippen molar-refractivity contribution in [3.8, 4) is 0 Å². The Kier molecular flexibility index (Phi) is 5.35. The van der Waals surface area contributed by atoms with E-state index in [1.54, 1.807) is 11.3 Å². The molecule has 0 unspecified atom stereocenters. The number of hydrogen-bond donors (Lipinski definition) is 0. The third kappa shape index (κ3) is 4.07. The molecule has 0 saturated carbocycles. The summed E-state index contributed by atoms with van der Waals surface area (Å²) in [5.41, 5.74) is 1.14. The molecule has 0 aromatic carbocycles. The van der Waals surface area contributed by atoms with Gasteiger partial charge in [-0.3, -0.25) is 0 Å². The van der Waals surface area contributed by atoms with Crippen molar-refractivity contribution >= 4 is 22.9 Å². The van der Waals surface area contributed by atoms with Gasteiger partial charge in [0.1, 0.15) is 5.01 Å². The van der Waals surface area contributed by atoms with Crippen LogP contribution in [-0.2, 0) is 17.8 Å². The third-order valence-electron chi connectivity index (χ3n) is 1.60. The highest BCUT2D eigenvalue weighted by Gasteiger charge is 2.00. The lowest BCUT2D eigenvalue weighted by Gasteiger charge is -1.95. The van der Waals surface area contributed by atoms with E-state index in [1.165, 1.54) is 0 Å². The molecule has 0 atom stereocenters. The number of thiazole rings is 1. The summed E-state index contributed by atoms with van der Waals surface area (Å²) in [4.78, 5) is 4.42. The molecule has 0 aliphatic heterocycles. The van der Waals surface area contributed by atoms with Crippen LogP contribution in [0.1, 0.15) is 24.0 Å². The first kappa shape index (κ1) is 11.0. The first-order valence-corrected chi connectivity index (χ1v) is 5.85. The molecule has 74 valence electrons. The smallest absolute Gasteiger partial charge is 0.119 e. The van der Waals surface area contributed by atoms with Crippen molar-refractivity contribution < 1.29 is 4.74 Å². The highest BCUT2D eigenvalue weighted by Crippen LogP contribution is 2.12. The van der Waals surface area contributed by atoms with Gasteiger partial charge in [-0.15, -0.1) is 22.9 Å². The zero-order valence-electron chi connectivity index (χ0n) is 7.75. The molecule has 1 rings (SSSR count). The van der Waals surface area contributed by atoms with Gasteiger partial charge >= 0.3 is 0 Å². The maximum absolute atomic E-state index is 5.59. The zero-order chi connectivity index (χ0) is 9.52. The van der Waals surface area contributed by atoms with Gasteiger partial charge in [-0.1, -0.05) is 0 Å². The monoisotopic (exact) mass is 219 g/mol. The van der Waals surface area contributed by atoms with E-state index in [9.17, 15) is 0 Å². The Bertz CT molecular complexity index is 217. The summed E-state index contributed by atoms with van der Waals surface area (Å²) in [6, 6.07) is 0. The van der Waals surface area contributed by atoms with Crippen LogP contribution in [0.3, 0.4) is 0 Å². The number of nitrogens with zero attached hydrogens (tertiary/aromatic N) is 1. The SMILES string of the molecule is CCOCc1nc(CCCCl)cs1. The number of aryl methyl sites for hydroxylation is 1. The molecule has 0 radical (unpaired) electrons. The Hall–Kier alpha value is -0.120. The minimum absolute atomic E-state index is 0.641. The predicted molar refractivity (Wildman–Crippen MR) is 56.5 cm³/mol. The van der Waals surface area contributed by atoms with Gasteiger partial charge in [0.25, 0.3) is 0 Å². The van der Waals surface area contributed by atoms with Gasteiger partial charge in [0.15, 0.2) is 0 Å². The second-order valence-corrected chi connectivity index (χ2v) is 3.98. The highest BCUT2D eigenvalue weighted by molar-refractivity contribution is 7.09. The molecule has 4 heteroatoms. The summed E-state index contributed by atoms with van der Waals surface area (Å²) < 4.78 is 5.26. The summed E-state index contributed by atoms with van der Waals surface area (Å²) >= 11 is 7.25. The Morgan fingerprint density at radius 1 is 1.62 bits per heavy atom. The fourth-order valence-electron chi connectivity index (χ4n) is 0.967. The molecular weight excluding hydrogens is 206 g/mol. The highest BCUT2D eigenvalue weighted by atomic mass is 35.5. The topological polar surface area (TPSA) is 22.1 Å². The maximum Gasteiger partial charge on any atom is 0.119 e. The number of rotatable bonds is 6. The van der Waals surface area contributed by atoms with Crippen molar-refractivity contribution in [1.82, 2.24) is 4.98 Å². The quantitative estimate of drug-likeness (QED) is 0.687. The van der Waals surface area contributed by atoms with Gasteiger partial charge in [0.2, 0.25) is 0 Å². The molecule has 1 aromatic heterocycles. The number of hydrogen-bond acceptors (Lipinski definition) is 3. The Balaban J connectivity index is 2.34. The first-order chi connectivity index (χ1) is 6.36. The van der Waals surface area contributed by atoms with Gasteiger partial charge in [0.05, 0.1) is 12.3 Å². The molecule has 0 amide bonds. The van der Waals surface area contributed by atoms with Gasteiger partial charge in [-0.25, -0.2) is 4.98 Å². The Labute approximate surface area is 87.9 Å². The van der Waals surface area contributed by atoms with Crippen molar-refractivity contribution in [2.45, 2.75) is 26.4 Å². The van der Waals surface area contributed by atoms with Crippen LogP contribution in [0.5, 0.6) is 0 Å². The van der Waals surface area contributed by atoms with E-state index >= 15 is 0 Å². The van der Waals surface area contributed by atoms with Crippen molar-refractivity contribution in [3.63, 3.8) is 0 Å². The largest absolute Gasteiger partial charge is 0.375 e. The van der Waals surface area contributed by atoms with Gasteiger partial charge in [-0.2, -0.15) is 0 Å².